The molecule has 0 aliphatic carbocycles. The van der Waals surface area contributed by atoms with Crippen LogP contribution in [0.5, 0.6) is 0 Å². The van der Waals surface area contributed by atoms with Crippen molar-refractivity contribution in [3.63, 3.8) is 0 Å². The number of nitrogens with zero attached hydrogens (tertiary/aromatic N) is 3. The van der Waals surface area contributed by atoms with Crippen LogP contribution >= 0.6 is 0 Å². The fourth-order valence-corrected chi connectivity index (χ4v) is 1.82. The summed E-state index contributed by atoms with van der Waals surface area (Å²) < 4.78 is 0. The van der Waals surface area contributed by atoms with Crippen molar-refractivity contribution in [2.24, 2.45) is 0 Å². The number of amides is 1. The van der Waals surface area contributed by atoms with Crippen LogP contribution in [-0.4, -0.2) is 40.9 Å². The summed E-state index contributed by atoms with van der Waals surface area (Å²) >= 11 is 0. The molecule has 1 N–H and O–H groups in total. The first-order valence-corrected chi connectivity index (χ1v) is 7.15. The first kappa shape index (κ1) is 16.9. The predicted molar refractivity (Wildman–Crippen MR) is 81.5 cm³/mol. The van der Waals surface area contributed by atoms with E-state index in [0.717, 1.165) is 25.5 Å². The van der Waals surface area contributed by atoms with Crippen molar-refractivity contribution in [2.45, 2.75) is 33.1 Å². The summed E-state index contributed by atoms with van der Waals surface area (Å²) in [5, 5.41) is 14.1. The van der Waals surface area contributed by atoms with Crippen molar-refractivity contribution < 1.29 is 9.72 Å². The summed E-state index contributed by atoms with van der Waals surface area (Å²) in [7, 11) is 1.65. The van der Waals surface area contributed by atoms with E-state index in [1.165, 1.54) is 11.0 Å². The molecular weight excluding hydrogens is 272 g/mol. The van der Waals surface area contributed by atoms with Crippen LogP contribution in [0.25, 0.3) is 0 Å². The summed E-state index contributed by atoms with van der Waals surface area (Å²) in [5.41, 5.74) is -0.183. The maximum absolute atomic E-state index is 12.4. The molecule has 0 saturated carbocycles. The van der Waals surface area contributed by atoms with Gasteiger partial charge in [-0.3, -0.25) is 14.9 Å². The number of hydrogen-bond acceptors (Lipinski definition) is 5. The van der Waals surface area contributed by atoms with Crippen LogP contribution in [0.3, 0.4) is 0 Å². The maximum Gasteiger partial charge on any atom is 0.300 e. The number of unbranched alkanes of at least 4 members (excludes halogenated alkanes) is 1. The minimum absolute atomic E-state index is 0.0761. The van der Waals surface area contributed by atoms with Crippen LogP contribution in [0.2, 0.25) is 0 Å². The number of hydrogen-bond donors (Lipinski definition) is 1. The molecule has 1 heterocycles. The van der Waals surface area contributed by atoms with Crippen LogP contribution in [-0.2, 0) is 0 Å². The second-order valence-electron chi connectivity index (χ2n) is 4.85. The smallest absolute Gasteiger partial charge is 0.300 e. The molecule has 1 rings (SSSR count). The normalized spacial score (nSPS) is 10.2. The number of anilines is 1. The Kier molecular flexibility index (Phi) is 6.58. The van der Waals surface area contributed by atoms with Crippen molar-refractivity contribution >= 4 is 17.4 Å². The number of carbonyl (C=O) groups excluding carboxylic acids is 1. The highest BCUT2D eigenvalue weighted by molar-refractivity contribution is 5.98. The van der Waals surface area contributed by atoms with Gasteiger partial charge >= 0.3 is 0 Å². The van der Waals surface area contributed by atoms with Gasteiger partial charge in [-0.25, -0.2) is 4.98 Å². The molecule has 1 amide bonds. The van der Waals surface area contributed by atoms with Gasteiger partial charge in [-0.2, -0.15) is 0 Å². The van der Waals surface area contributed by atoms with Crippen LogP contribution in [0, 0.1) is 10.1 Å². The zero-order chi connectivity index (χ0) is 15.8. The molecule has 0 atom stereocenters. The number of pyridine rings is 1. The second kappa shape index (κ2) is 8.18. The van der Waals surface area contributed by atoms with Crippen molar-refractivity contribution in [1.82, 2.24) is 9.88 Å². The van der Waals surface area contributed by atoms with Gasteiger partial charge in [-0.1, -0.05) is 20.3 Å². The summed E-state index contributed by atoms with van der Waals surface area (Å²) in [4.78, 5) is 28.3. The van der Waals surface area contributed by atoms with Gasteiger partial charge in [0.25, 0.3) is 11.6 Å². The first-order chi connectivity index (χ1) is 10.0. The Morgan fingerprint density at radius 2 is 2.14 bits per heavy atom. The molecule has 1 aromatic heterocycles. The molecule has 0 saturated heterocycles. The minimum Gasteiger partial charge on any atom is -0.370 e. The Morgan fingerprint density at radius 3 is 2.71 bits per heavy atom. The van der Waals surface area contributed by atoms with Gasteiger partial charge in [0, 0.05) is 26.2 Å². The molecule has 7 nitrogen and oxygen atoms in total. The highest BCUT2D eigenvalue weighted by atomic mass is 16.6. The second-order valence-corrected chi connectivity index (χ2v) is 4.85. The first-order valence-electron chi connectivity index (χ1n) is 7.15. The van der Waals surface area contributed by atoms with E-state index in [0.29, 0.717) is 18.9 Å². The van der Waals surface area contributed by atoms with E-state index in [1.807, 2.05) is 13.8 Å². The van der Waals surface area contributed by atoms with Crippen molar-refractivity contribution in [1.29, 1.82) is 0 Å². The van der Waals surface area contributed by atoms with Crippen LogP contribution in [0.1, 0.15) is 43.5 Å². The highest BCUT2D eigenvalue weighted by Gasteiger charge is 2.24. The van der Waals surface area contributed by atoms with Gasteiger partial charge in [0.15, 0.2) is 0 Å². The van der Waals surface area contributed by atoms with Crippen molar-refractivity contribution in [2.75, 3.05) is 25.5 Å². The maximum atomic E-state index is 12.4. The Labute approximate surface area is 124 Å². The third kappa shape index (κ3) is 4.70. The molecule has 1 aromatic rings. The lowest BCUT2D eigenvalue weighted by atomic mass is 10.2. The molecule has 0 aliphatic heterocycles. The fourth-order valence-electron chi connectivity index (χ4n) is 1.82. The lowest BCUT2D eigenvalue weighted by Crippen LogP contribution is -2.28. The van der Waals surface area contributed by atoms with Gasteiger partial charge in [0.1, 0.15) is 17.6 Å². The van der Waals surface area contributed by atoms with Gasteiger partial charge in [0.05, 0.1) is 4.92 Å². The Morgan fingerprint density at radius 1 is 1.43 bits per heavy atom. The van der Waals surface area contributed by atoms with Gasteiger partial charge in [-0.05, 0) is 12.8 Å². The van der Waals surface area contributed by atoms with E-state index in [1.54, 1.807) is 7.05 Å². The molecule has 0 bridgehead atoms. The molecule has 21 heavy (non-hydrogen) atoms. The standard InChI is InChI=1S/C14H22N4O3/c1-4-6-8-17(3)14(19)11-9-13(15-7-5-2)16-10-12(11)18(20)21/h9-10H,4-8H2,1-3H3,(H,15,16). The van der Waals surface area contributed by atoms with Crippen LogP contribution in [0.4, 0.5) is 11.5 Å². The van der Waals surface area contributed by atoms with Gasteiger partial charge < -0.3 is 10.2 Å². The highest BCUT2D eigenvalue weighted by Crippen LogP contribution is 2.22. The average molecular weight is 294 g/mol. The van der Waals surface area contributed by atoms with E-state index >= 15 is 0 Å². The van der Waals surface area contributed by atoms with Crippen molar-refractivity contribution in [3.05, 3.63) is 27.9 Å². The Bertz CT molecular complexity index is 505. The molecule has 116 valence electrons. The Hall–Kier alpha value is -2.18. The minimum atomic E-state index is -0.572. The molecule has 0 fully saturated rings. The monoisotopic (exact) mass is 294 g/mol. The third-order valence-electron chi connectivity index (χ3n) is 3.06. The van der Waals surface area contributed by atoms with Gasteiger partial charge in [-0.15, -0.1) is 0 Å². The predicted octanol–water partition coefficient (Wildman–Crippen LogP) is 2.68. The number of nitro groups is 1. The zero-order valence-corrected chi connectivity index (χ0v) is 12.8. The SMILES string of the molecule is CCCCN(C)C(=O)c1cc(NCCC)ncc1[N+](=O)[O-]. The average Bonchev–Trinajstić information content (AvgIpc) is 2.49. The lowest BCUT2D eigenvalue weighted by molar-refractivity contribution is -0.385. The molecule has 7 heteroatoms. The Balaban J connectivity index is 3.04. The quantitative estimate of drug-likeness (QED) is 0.588. The van der Waals surface area contributed by atoms with Crippen molar-refractivity contribution in [3.8, 4) is 0 Å². The van der Waals surface area contributed by atoms with E-state index in [2.05, 4.69) is 10.3 Å². The molecule has 0 aromatic carbocycles. The number of carbonyl (C=O) groups is 1. The van der Waals surface area contributed by atoms with E-state index in [-0.39, 0.29) is 17.2 Å². The molecule has 0 spiro atoms. The summed E-state index contributed by atoms with van der Waals surface area (Å²) in [6.45, 7) is 5.31. The summed E-state index contributed by atoms with van der Waals surface area (Å²) in [6, 6.07) is 1.46. The molecule has 0 radical (unpaired) electrons. The third-order valence-corrected chi connectivity index (χ3v) is 3.06. The summed E-state index contributed by atoms with van der Waals surface area (Å²) in [5.74, 6) is 0.131. The van der Waals surface area contributed by atoms with E-state index in [9.17, 15) is 14.9 Å². The fraction of sp³-hybridized carbons (Fsp3) is 0.571. The topological polar surface area (TPSA) is 88.4 Å². The van der Waals surface area contributed by atoms with Crippen LogP contribution < -0.4 is 5.32 Å². The van der Waals surface area contributed by atoms with Gasteiger partial charge in [0.2, 0.25) is 0 Å². The number of nitrogens with one attached hydrogen (secondary N) is 1. The summed E-state index contributed by atoms with van der Waals surface area (Å²) in [6.07, 6.45) is 3.86. The molecule has 0 unspecified atom stereocenters. The van der Waals surface area contributed by atoms with E-state index in [4.69, 9.17) is 0 Å². The molecular formula is C14H22N4O3. The zero-order valence-electron chi connectivity index (χ0n) is 12.8. The lowest BCUT2D eigenvalue weighted by Gasteiger charge is -2.17. The molecule has 0 aliphatic rings. The number of aromatic nitrogens is 1. The number of rotatable bonds is 8. The van der Waals surface area contributed by atoms with E-state index < -0.39 is 4.92 Å². The largest absolute Gasteiger partial charge is 0.370 e. The van der Waals surface area contributed by atoms with Crippen LogP contribution in [0.15, 0.2) is 12.3 Å².